The van der Waals surface area contributed by atoms with Gasteiger partial charge in [-0.1, -0.05) is 17.7 Å². The van der Waals surface area contributed by atoms with Crippen LogP contribution in [-0.4, -0.2) is 36.1 Å². The molecule has 2 aromatic carbocycles. The quantitative estimate of drug-likeness (QED) is 0.660. The number of anilines is 1. The SMILES string of the molecule is Cc1ccc(S(=O)(=O)n2ccn(CC(=O)Nc3ccc4c(c3)OCCO4)c2=O)cc1. The molecule has 1 aliphatic rings. The smallest absolute Gasteiger partial charge is 0.342 e. The van der Waals surface area contributed by atoms with Crippen molar-refractivity contribution in [3.05, 3.63) is 70.9 Å². The minimum atomic E-state index is -4.05. The van der Waals surface area contributed by atoms with Crippen LogP contribution in [0.2, 0.25) is 0 Å². The summed E-state index contributed by atoms with van der Waals surface area (Å²) in [6.07, 6.45) is 2.40. The van der Waals surface area contributed by atoms with Gasteiger partial charge in [0.05, 0.1) is 4.90 Å². The van der Waals surface area contributed by atoms with Crippen molar-refractivity contribution >= 4 is 21.6 Å². The van der Waals surface area contributed by atoms with Gasteiger partial charge in [0.1, 0.15) is 19.8 Å². The Balaban J connectivity index is 1.51. The van der Waals surface area contributed by atoms with Gasteiger partial charge in [0.2, 0.25) is 5.91 Å². The molecule has 0 aliphatic carbocycles. The van der Waals surface area contributed by atoms with Gasteiger partial charge >= 0.3 is 5.69 Å². The van der Waals surface area contributed by atoms with Crippen LogP contribution < -0.4 is 20.5 Å². The van der Waals surface area contributed by atoms with Crippen LogP contribution in [0.1, 0.15) is 5.56 Å². The lowest BCUT2D eigenvalue weighted by Gasteiger charge is -2.19. The molecule has 1 aromatic heterocycles. The van der Waals surface area contributed by atoms with E-state index in [1.54, 1.807) is 30.3 Å². The number of hydrogen-bond acceptors (Lipinski definition) is 6. The predicted octanol–water partition coefficient (Wildman–Crippen LogP) is 1.61. The number of amides is 1. The Morgan fingerprint density at radius 1 is 1.03 bits per heavy atom. The van der Waals surface area contributed by atoms with Gasteiger partial charge in [0.25, 0.3) is 10.0 Å². The number of fused-ring (bicyclic) bond motifs is 1. The standard InChI is InChI=1S/C20H19N3O6S/c1-14-2-5-16(6-3-14)30(26,27)23-9-8-22(20(23)25)13-19(24)21-15-4-7-17-18(12-15)29-11-10-28-17/h2-9,12H,10-11,13H2,1H3,(H,21,24). The number of carbonyl (C=O) groups is 1. The van der Waals surface area contributed by atoms with Crippen LogP contribution in [0.4, 0.5) is 5.69 Å². The lowest BCUT2D eigenvalue weighted by atomic mass is 10.2. The van der Waals surface area contributed by atoms with Gasteiger partial charge in [-0.3, -0.25) is 9.36 Å². The Labute approximate surface area is 172 Å². The molecule has 156 valence electrons. The van der Waals surface area contributed by atoms with Crippen LogP contribution in [-0.2, 0) is 21.4 Å². The minimum Gasteiger partial charge on any atom is -0.486 e. The van der Waals surface area contributed by atoms with Crippen molar-refractivity contribution in [3.8, 4) is 11.5 Å². The molecule has 0 atom stereocenters. The van der Waals surface area contributed by atoms with Crippen LogP contribution in [0.3, 0.4) is 0 Å². The number of nitrogens with one attached hydrogen (secondary N) is 1. The maximum atomic E-state index is 12.7. The van der Waals surface area contributed by atoms with Gasteiger partial charge in [-0.2, -0.15) is 3.97 Å². The molecular formula is C20H19N3O6S. The second-order valence-corrected chi connectivity index (χ2v) is 8.54. The number of ether oxygens (including phenoxy) is 2. The molecule has 0 saturated carbocycles. The van der Waals surface area contributed by atoms with E-state index in [-0.39, 0.29) is 11.4 Å². The number of rotatable bonds is 5. The molecule has 1 aliphatic heterocycles. The zero-order valence-electron chi connectivity index (χ0n) is 16.1. The highest BCUT2D eigenvalue weighted by atomic mass is 32.2. The third kappa shape index (κ3) is 3.81. The summed E-state index contributed by atoms with van der Waals surface area (Å²) in [6.45, 7) is 2.37. The zero-order valence-corrected chi connectivity index (χ0v) is 16.9. The highest BCUT2D eigenvalue weighted by Gasteiger charge is 2.21. The second-order valence-electron chi connectivity index (χ2n) is 6.73. The van der Waals surface area contributed by atoms with E-state index in [1.165, 1.54) is 18.3 Å². The Morgan fingerprint density at radius 3 is 2.47 bits per heavy atom. The van der Waals surface area contributed by atoms with Gasteiger partial charge in [-0.15, -0.1) is 0 Å². The first-order valence-electron chi connectivity index (χ1n) is 9.14. The van der Waals surface area contributed by atoms with Crippen molar-refractivity contribution in [3.63, 3.8) is 0 Å². The number of aromatic nitrogens is 2. The molecule has 4 rings (SSSR count). The number of aryl methyl sites for hydroxylation is 1. The van der Waals surface area contributed by atoms with Crippen molar-refractivity contribution < 1.29 is 22.7 Å². The van der Waals surface area contributed by atoms with Crippen molar-refractivity contribution in [2.24, 2.45) is 0 Å². The summed E-state index contributed by atoms with van der Waals surface area (Å²) in [7, 11) is -4.05. The van der Waals surface area contributed by atoms with Gasteiger partial charge in [-0.05, 0) is 31.2 Å². The van der Waals surface area contributed by atoms with Crippen LogP contribution in [0.25, 0.3) is 0 Å². The Morgan fingerprint density at radius 2 is 1.73 bits per heavy atom. The number of benzene rings is 2. The summed E-state index contributed by atoms with van der Waals surface area (Å²) in [5, 5.41) is 2.66. The van der Waals surface area contributed by atoms with Crippen molar-refractivity contribution in [1.29, 1.82) is 0 Å². The molecule has 0 fully saturated rings. The number of nitrogens with zero attached hydrogens (tertiary/aromatic N) is 2. The molecule has 0 bridgehead atoms. The maximum absolute atomic E-state index is 12.7. The number of hydrogen-bond donors (Lipinski definition) is 1. The highest BCUT2D eigenvalue weighted by Crippen LogP contribution is 2.32. The molecule has 0 radical (unpaired) electrons. The average molecular weight is 429 g/mol. The molecule has 1 amide bonds. The van der Waals surface area contributed by atoms with Gasteiger partial charge in [-0.25, -0.2) is 13.2 Å². The highest BCUT2D eigenvalue weighted by molar-refractivity contribution is 7.90. The van der Waals surface area contributed by atoms with Crippen LogP contribution in [0, 0.1) is 6.92 Å². The maximum Gasteiger partial charge on any atom is 0.342 e. The van der Waals surface area contributed by atoms with Crippen LogP contribution in [0.5, 0.6) is 11.5 Å². The summed E-state index contributed by atoms with van der Waals surface area (Å²) < 4.78 is 38.0. The van der Waals surface area contributed by atoms with Gasteiger partial charge in [0, 0.05) is 24.1 Å². The normalized spacial score (nSPS) is 13.1. The summed E-state index contributed by atoms with van der Waals surface area (Å²) in [5.74, 6) is 0.625. The van der Waals surface area contributed by atoms with E-state index in [9.17, 15) is 18.0 Å². The lowest BCUT2D eigenvalue weighted by Crippen LogP contribution is -2.32. The van der Waals surface area contributed by atoms with Gasteiger partial charge in [0.15, 0.2) is 11.5 Å². The predicted molar refractivity (Wildman–Crippen MR) is 109 cm³/mol. The van der Waals surface area contributed by atoms with E-state index in [0.29, 0.717) is 34.4 Å². The molecule has 3 aromatic rings. The zero-order chi connectivity index (χ0) is 21.3. The number of carbonyl (C=O) groups excluding carboxylic acids is 1. The fourth-order valence-electron chi connectivity index (χ4n) is 3.00. The van der Waals surface area contributed by atoms with Crippen LogP contribution in [0.15, 0.2) is 64.5 Å². The van der Waals surface area contributed by atoms with Crippen molar-refractivity contribution in [2.45, 2.75) is 18.4 Å². The first-order valence-corrected chi connectivity index (χ1v) is 10.6. The first-order chi connectivity index (χ1) is 14.3. The van der Waals surface area contributed by atoms with Crippen molar-refractivity contribution in [2.75, 3.05) is 18.5 Å². The summed E-state index contributed by atoms with van der Waals surface area (Å²) in [5.41, 5.74) is 0.548. The third-order valence-electron chi connectivity index (χ3n) is 4.53. The summed E-state index contributed by atoms with van der Waals surface area (Å²) >= 11 is 0. The molecule has 1 N–H and O–H groups in total. The molecule has 10 heteroatoms. The van der Waals surface area contributed by atoms with E-state index in [1.807, 2.05) is 6.92 Å². The average Bonchev–Trinajstić information content (AvgIpc) is 3.09. The van der Waals surface area contributed by atoms with E-state index in [4.69, 9.17) is 9.47 Å². The van der Waals surface area contributed by atoms with Crippen LogP contribution >= 0.6 is 0 Å². The summed E-state index contributed by atoms with van der Waals surface area (Å²) in [6, 6.07) is 11.1. The van der Waals surface area contributed by atoms with E-state index in [2.05, 4.69) is 5.32 Å². The molecule has 0 saturated heterocycles. The molecular weight excluding hydrogens is 410 g/mol. The van der Waals surface area contributed by atoms with Gasteiger partial charge < -0.3 is 14.8 Å². The molecule has 30 heavy (non-hydrogen) atoms. The Hall–Kier alpha value is -3.53. The first kappa shape index (κ1) is 19.8. The fraction of sp³-hybridized carbons (Fsp3) is 0.200. The molecule has 0 unspecified atom stereocenters. The fourth-order valence-corrected chi connectivity index (χ4v) is 4.23. The lowest BCUT2D eigenvalue weighted by molar-refractivity contribution is -0.116. The third-order valence-corrected chi connectivity index (χ3v) is 6.20. The van der Waals surface area contributed by atoms with Crippen molar-refractivity contribution in [1.82, 2.24) is 8.54 Å². The minimum absolute atomic E-state index is 0.00585. The number of imidazole rings is 1. The second kappa shape index (κ2) is 7.71. The molecule has 0 spiro atoms. The monoisotopic (exact) mass is 429 g/mol. The van der Waals surface area contributed by atoms with E-state index >= 15 is 0 Å². The Kier molecular flexibility index (Phi) is 5.08. The van der Waals surface area contributed by atoms with E-state index in [0.717, 1.165) is 16.3 Å². The molecule has 2 heterocycles. The molecule has 9 nitrogen and oxygen atoms in total. The Bertz CT molecular complexity index is 1260. The summed E-state index contributed by atoms with van der Waals surface area (Å²) in [4.78, 5) is 24.9. The topological polar surface area (TPSA) is 109 Å². The largest absolute Gasteiger partial charge is 0.486 e. The van der Waals surface area contributed by atoms with E-state index < -0.39 is 21.6 Å².